The van der Waals surface area contributed by atoms with E-state index in [4.69, 9.17) is 11.6 Å². The predicted octanol–water partition coefficient (Wildman–Crippen LogP) is 2.72. The molecule has 1 unspecified atom stereocenters. The predicted molar refractivity (Wildman–Crippen MR) is 82.4 cm³/mol. The fourth-order valence-corrected chi connectivity index (χ4v) is 2.46. The number of aliphatic hydroxyl groups excluding tert-OH is 1. The Morgan fingerprint density at radius 3 is 2.35 bits per heavy atom. The van der Waals surface area contributed by atoms with Crippen molar-refractivity contribution in [1.82, 2.24) is 9.78 Å². The largest absolute Gasteiger partial charge is 0.388 e. The van der Waals surface area contributed by atoms with E-state index in [9.17, 15) is 5.11 Å². The highest BCUT2D eigenvalue weighted by atomic mass is 35.5. The summed E-state index contributed by atoms with van der Waals surface area (Å²) in [7, 11) is 5.78. The first-order valence-electron chi connectivity index (χ1n) is 6.53. The molecule has 0 bridgehead atoms. The molecule has 0 aliphatic carbocycles. The number of hydrogen-bond acceptors (Lipinski definition) is 3. The Morgan fingerprint density at radius 1 is 1.30 bits per heavy atom. The van der Waals surface area contributed by atoms with E-state index in [0.29, 0.717) is 11.6 Å². The smallest absolute Gasteiger partial charge is 0.130 e. The summed E-state index contributed by atoms with van der Waals surface area (Å²) in [6.07, 6.45) is -0.105. The van der Waals surface area contributed by atoms with Gasteiger partial charge in [0.05, 0.1) is 11.8 Å². The van der Waals surface area contributed by atoms with Gasteiger partial charge in [0.2, 0.25) is 0 Å². The number of hydrogen-bond donors (Lipinski definition) is 1. The third-order valence-electron chi connectivity index (χ3n) is 3.46. The minimum atomic E-state index is -0.577. The molecule has 0 spiro atoms. The van der Waals surface area contributed by atoms with E-state index in [1.807, 2.05) is 50.2 Å². The van der Waals surface area contributed by atoms with E-state index in [0.717, 1.165) is 22.5 Å². The number of anilines is 1. The zero-order valence-electron chi connectivity index (χ0n) is 12.3. The number of aliphatic hydroxyl groups is 1. The zero-order valence-corrected chi connectivity index (χ0v) is 13.0. The van der Waals surface area contributed by atoms with Crippen LogP contribution < -0.4 is 4.90 Å². The quantitative estimate of drug-likeness (QED) is 0.942. The van der Waals surface area contributed by atoms with Crippen molar-refractivity contribution in [2.45, 2.75) is 19.4 Å². The summed E-state index contributed by atoms with van der Waals surface area (Å²) in [5.41, 5.74) is 3.76. The molecule has 1 aromatic carbocycles. The lowest BCUT2D eigenvalue weighted by molar-refractivity contribution is 0.178. The molecule has 108 valence electrons. The molecule has 2 rings (SSSR count). The number of nitrogens with zero attached hydrogens (tertiary/aromatic N) is 3. The molecule has 1 aromatic heterocycles. The monoisotopic (exact) mass is 293 g/mol. The molecule has 0 radical (unpaired) electrons. The Kier molecular flexibility index (Phi) is 4.35. The normalized spacial score (nSPS) is 12.5. The average molecular weight is 294 g/mol. The second-order valence-electron chi connectivity index (χ2n) is 5.18. The molecule has 1 atom stereocenters. The average Bonchev–Trinajstić information content (AvgIpc) is 2.65. The van der Waals surface area contributed by atoms with Gasteiger partial charge in [0.15, 0.2) is 0 Å². The molecular weight excluding hydrogens is 274 g/mol. The van der Waals surface area contributed by atoms with Crippen molar-refractivity contribution in [2.24, 2.45) is 7.05 Å². The van der Waals surface area contributed by atoms with Gasteiger partial charge in [-0.1, -0.05) is 23.7 Å². The molecule has 0 aliphatic heterocycles. The van der Waals surface area contributed by atoms with Crippen LogP contribution in [0.1, 0.15) is 22.9 Å². The molecular formula is C15H20ClN3O. The topological polar surface area (TPSA) is 41.3 Å². The fourth-order valence-electron chi connectivity index (χ4n) is 2.21. The first-order valence-corrected chi connectivity index (χ1v) is 6.91. The number of aryl methyl sites for hydroxylation is 2. The van der Waals surface area contributed by atoms with Crippen molar-refractivity contribution in [3.63, 3.8) is 0 Å². The Balaban J connectivity index is 2.17. The highest BCUT2D eigenvalue weighted by Crippen LogP contribution is 2.26. The number of benzene rings is 1. The van der Waals surface area contributed by atoms with Crippen LogP contribution in [0.5, 0.6) is 0 Å². The molecule has 0 aliphatic rings. The molecule has 1 heterocycles. The maximum absolute atomic E-state index is 10.4. The number of rotatable bonds is 4. The van der Waals surface area contributed by atoms with Crippen molar-refractivity contribution in [2.75, 3.05) is 19.0 Å². The highest BCUT2D eigenvalue weighted by Gasteiger charge is 2.16. The molecule has 1 N–H and O–H groups in total. The summed E-state index contributed by atoms with van der Waals surface area (Å²) in [6, 6.07) is 7.88. The Morgan fingerprint density at radius 2 is 1.90 bits per heavy atom. The highest BCUT2D eigenvalue weighted by molar-refractivity contribution is 6.30. The third kappa shape index (κ3) is 2.97. The van der Waals surface area contributed by atoms with E-state index in [1.165, 1.54) is 0 Å². The summed E-state index contributed by atoms with van der Waals surface area (Å²) in [5, 5.41) is 15.2. The van der Waals surface area contributed by atoms with Crippen LogP contribution in [0.4, 0.5) is 5.69 Å². The summed E-state index contributed by atoms with van der Waals surface area (Å²) in [6.45, 7) is 1.91. The molecule has 4 nitrogen and oxygen atoms in total. The van der Waals surface area contributed by atoms with E-state index in [1.54, 1.807) is 11.7 Å². The van der Waals surface area contributed by atoms with Gasteiger partial charge in [-0.2, -0.15) is 5.10 Å². The maximum atomic E-state index is 10.4. The number of halogens is 1. The maximum Gasteiger partial charge on any atom is 0.130 e. The molecule has 0 saturated heterocycles. The van der Waals surface area contributed by atoms with Crippen LogP contribution in [0, 0.1) is 6.92 Å². The third-order valence-corrected chi connectivity index (χ3v) is 3.93. The molecule has 5 heteroatoms. The zero-order chi connectivity index (χ0) is 14.9. The summed E-state index contributed by atoms with van der Waals surface area (Å²) >= 11 is 6.20. The van der Waals surface area contributed by atoms with Gasteiger partial charge in [-0.05, 0) is 24.6 Å². The molecule has 0 amide bonds. The Hall–Kier alpha value is -1.52. The summed E-state index contributed by atoms with van der Waals surface area (Å²) in [4.78, 5) is 2.03. The summed E-state index contributed by atoms with van der Waals surface area (Å²) < 4.78 is 1.63. The Bertz CT molecular complexity index is 590. The molecule has 0 fully saturated rings. The first kappa shape index (κ1) is 14.9. The van der Waals surface area contributed by atoms with Crippen LogP contribution in [-0.4, -0.2) is 29.0 Å². The molecule has 0 saturated carbocycles. The van der Waals surface area contributed by atoms with E-state index in [2.05, 4.69) is 5.10 Å². The van der Waals surface area contributed by atoms with Crippen molar-refractivity contribution < 1.29 is 5.11 Å². The fraction of sp³-hybridized carbons (Fsp3) is 0.400. The lowest BCUT2D eigenvalue weighted by Crippen LogP contribution is -2.09. The minimum Gasteiger partial charge on any atom is -0.388 e. The van der Waals surface area contributed by atoms with Crippen molar-refractivity contribution in [3.05, 3.63) is 46.2 Å². The van der Waals surface area contributed by atoms with Gasteiger partial charge in [-0.25, -0.2) is 0 Å². The van der Waals surface area contributed by atoms with Crippen molar-refractivity contribution >= 4 is 17.3 Å². The second kappa shape index (κ2) is 5.85. The van der Waals surface area contributed by atoms with Gasteiger partial charge in [0.1, 0.15) is 5.15 Å². The van der Waals surface area contributed by atoms with Crippen molar-refractivity contribution in [3.8, 4) is 0 Å². The SMILES string of the molecule is Cc1nn(C)c(Cl)c1CC(O)c1ccc(N(C)C)cc1. The minimum absolute atomic E-state index is 0.472. The van der Waals surface area contributed by atoms with Gasteiger partial charge in [-0.3, -0.25) is 4.68 Å². The van der Waals surface area contributed by atoms with Crippen LogP contribution in [0.2, 0.25) is 5.15 Å². The lowest BCUT2D eigenvalue weighted by Gasteiger charge is -2.15. The van der Waals surface area contributed by atoms with E-state index >= 15 is 0 Å². The van der Waals surface area contributed by atoms with Crippen LogP contribution in [0.15, 0.2) is 24.3 Å². The first-order chi connectivity index (χ1) is 9.40. The van der Waals surface area contributed by atoms with Crippen molar-refractivity contribution in [1.29, 1.82) is 0 Å². The second-order valence-corrected chi connectivity index (χ2v) is 5.54. The standard InChI is InChI=1S/C15H20ClN3O/c1-10-13(15(16)19(4)17-10)9-14(20)11-5-7-12(8-6-11)18(2)3/h5-8,14,20H,9H2,1-4H3. The van der Waals surface area contributed by atoms with E-state index < -0.39 is 6.10 Å². The summed E-state index contributed by atoms with van der Waals surface area (Å²) in [5.74, 6) is 0. The molecule has 20 heavy (non-hydrogen) atoms. The van der Waals surface area contributed by atoms with Gasteiger partial charge in [0, 0.05) is 38.8 Å². The Labute approximate surface area is 124 Å². The van der Waals surface area contributed by atoms with Crippen LogP contribution in [0.3, 0.4) is 0 Å². The lowest BCUT2D eigenvalue weighted by atomic mass is 10.0. The van der Waals surface area contributed by atoms with Gasteiger partial charge < -0.3 is 10.0 Å². The number of aromatic nitrogens is 2. The molecule has 2 aromatic rings. The van der Waals surface area contributed by atoms with Gasteiger partial charge in [-0.15, -0.1) is 0 Å². The van der Waals surface area contributed by atoms with Gasteiger partial charge in [0.25, 0.3) is 0 Å². The van der Waals surface area contributed by atoms with Crippen LogP contribution in [-0.2, 0) is 13.5 Å². The van der Waals surface area contributed by atoms with Crippen LogP contribution >= 0.6 is 11.6 Å². The van der Waals surface area contributed by atoms with Crippen LogP contribution in [0.25, 0.3) is 0 Å². The van der Waals surface area contributed by atoms with Gasteiger partial charge >= 0.3 is 0 Å². The van der Waals surface area contributed by atoms with E-state index in [-0.39, 0.29) is 0 Å².